The van der Waals surface area contributed by atoms with Gasteiger partial charge in [0.25, 0.3) is 0 Å². The number of aromatic amines is 1. The first-order valence-corrected chi connectivity index (χ1v) is 10.8. The first kappa shape index (κ1) is 19.3. The summed E-state index contributed by atoms with van der Waals surface area (Å²) < 4.78 is 23.9. The second-order valence-electron chi connectivity index (χ2n) is 7.04. The van der Waals surface area contributed by atoms with Crippen LogP contribution in [0.25, 0.3) is 22.2 Å². The van der Waals surface area contributed by atoms with E-state index in [9.17, 15) is 8.76 Å². The molecule has 1 aliphatic carbocycles. The first-order chi connectivity index (χ1) is 13.6. The van der Waals surface area contributed by atoms with E-state index in [1.807, 2.05) is 24.4 Å². The summed E-state index contributed by atoms with van der Waals surface area (Å²) >= 11 is 3.98. The van der Waals surface area contributed by atoms with Crippen LogP contribution in [0.4, 0.5) is 5.82 Å². The van der Waals surface area contributed by atoms with Crippen molar-refractivity contribution in [1.29, 1.82) is 0 Å². The molecule has 1 atom stereocenters. The topological polar surface area (TPSA) is 106 Å². The smallest absolute Gasteiger partial charge is 0.137 e. The van der Waals surface area contributed by atoms with Crippen LogP contribution in [0.2, 0.25) is 5.15 Å². The highest BCUT2D eigenvalue weighted by molar-refractivity contribution is 7.77. The summed E-state index contributed by atoms with van der Waals surface area (Å²) in [7, 11) is 0. The second kappa shape index (κ2) is 8.57. The fourth-order valence-corrected chi connectivity index (χ4v) is 4.20. The number of pyridine rings is 2. The molecule has 9 heteroatoms. The molecule has 0 aliphatic heterocycles. The van der Waals surface area contributed by atoms with Gasteiger partial charge in [-0.2, -0.15) is 0 Å². The van der Waals surface area contributed by atoms with Gasteiger partial charge in [-0.25, -0.2) is 14.7 Å². The predicted molar refractivity (Wildman–Crippen MR) is 111 cm³/mol. The number of fused-ring (bicyclic) bond motifs is 1. The number of halogens is 1. The van der Waals surface area contributed by atoms with Crippen molar-refractivity contribution >= 4 is 39.7 Å². The molecule has 3 N–H and O–H groups in total. The predicted octanol–water partition coefficient (Wildman–Crippen LogP) is 3.91. The molecule has 0 aromatic carbocycles. The standard InChI is InChI=1S/C19H22ClN5O2S/c20-17-7-13(8-18(25-17)24-14-4-2-1-3-5-14)16-11-22-19-15(16)6-12(9-21-19)10-23-28(26)27/h6-9,11,14,23H,1-5,10H2,(H,21,22)(H,24,25)(H,26,27)/p-1. The summed E-state index contributed by atoms with van der Waals surface area (Å²) in [5.74, 6) is 0.774. The monoisotopic (exact) mass is 418 g/mol. The van der Waals surface area contributed by atoms with Crippen molar-refractivity contribution < 1.29 is 8.76 Å². The fourth-order valence-electron chi connectivity index (χ4n) is 3.71. The van der Waals surface area contributed by atoms with E-state index >= 15 is 0 Å². The lowest BCUT2D eigenvalue weighted by atomic mass is 9.95. The van der Waals surface area contributed by atoms with Crippen molar-refractivity contribution in [3.63, 3.8) is 0 Å². The largest absolute Gasteiger partial charge is 0.760 e. The molecule has 1 unspecified atom stereocenters. The first-order valence-electron chi connectivity index (χ1n) is 9.32. The van der Waals surface area contributed by atoms with Crippen molar-refractivity contribution in [2.75, 3.05) is 5.32 Å². The lowest BCUT2D eigenvalue weighted by Crippen LogP contribution is -2.22. The maximum Gasteiger partial charge on any atom is 0.137 e. The molecule has 28 heavy (non-hydrogen) atoms. The minimum Gasteiger partial charge on any atom is -0.760 e. The van der Waals surface area contributed by atoms with Crippen LogP contribution < -0.4 is 10.0 Å². The van der Waals surface area contributed by atoms with E-state index in [2.05, 4.69) is 25.0 Å². The number of nitrogens with one attached hydrogen (secondary N) is 3. The van der Waals surface area contributed by atoms with Crippen LogP contribution >= 0.6 is 11.6 Å². The maximum absolute atomic E-state index is 10.7. The van der Waals surface area contributed by atoms with E-state index in [-0.39, 0.29) is 6.54 Å². The minimum atomic E-state index is -2.31. The number of rotatable bonds is 6. The normalized spacial score (nSPS) is 16.4. The maximum atomic E-state index is 10.7. The molecule has 3 heterocycles. The lowest BCUT2D eigenvalue weighted by Gasteiger charge is -2.23. The molecular weight excluding hydrogens is 398 g/mol. The zero-order valence-electron chi connectivity index (χ0n) is 15.2. The number of hydrogen-bond donors (Lipinski definition) is 3. The molecule has 3 aromatic rings. The number of hydrogen-bond acceptors (Lipinski definition) is 5. The van der Waals surface area contributed by atoms with Crippen LogP contribution in [-0.4, -0.2) is 29.8 Å². The van der Waals surface area contributed by atoms with Crippen molar-refractivity contribution in [2.45, 2.75) is 44.7 Å². The molecule has 1 aliphatic rings. The third-order valence-electron chi connectivity index (χ3n) is 5.04. The van der Waals surface area contributed by atoms with Gasteiger partial charge in [0.05, 0.1) is 0 Å². The summed E-state index contributed by atoms with van der Waals surface area (Å²) in [6, 6.07) is 6.19. The third-order valence-corrected chi connectivity index (χ3v) is 5.62. The van der Waals surface area contributed by atoms with E-state index < -0.39 is 11.3 Å². The molecule has 0 saturated heterocycles. The molecule has 4 rings (SSSR count). The summed E-state index contributed by atoms with van der Waals surface area (Å²) in [6.45, 7) is 0.190. The van der Waals surface area contributed by atoms with Gasteiger partial charge in [-0.15, -0.1) is 0 Å². The van der Waals surface area contributed by atoms with Crippen molar-refractivity contribution in [1.82, 2.24) is 19.7 Å². The Morgan fingerprint density at radius 1 is 1.25 bits per heavy atom. The van der Waals surface area contributed by atoms with Gasteiger partial charge in [-0.1, -0.05) is 30.9 Å². The van der Waals surface area contributed by atoms with Crippen LogP contribution in [0.5, 0.6) is 0 Å². The van der Waals surface area contributed by atoms with E-state index in [1.165, 1.54) is 19.3 Å². The molecule has 7 nitrogen and oxygen atoms in total. The number of aromatic nitrogens is 3. The van der Waals surface area contributed by atoms with Crippen molar-refractivity contribution in [3.8, 4) is 11.1 Å². The summed E-state index contributed by atoms with van der Waals surface area (Å²) in [5, 5.41) is 4.85. The Kier molecular flexibility index (Phi) is 5.91. The molecule has 0 amide bonds. The van der Waals surface area contributed by atoms with Crippen LogP contribution in [0.3, 0.4) is 0 Å². The van der Waals surface area contributed by atoms with Crippen LogP contribution in [0.1, 0.15) is 37.7 Å². The molecule has 3 aromatic heterocycles. The van der Waals surface area contributed by atoms with Gasteiger partial charge in [0, 0.05) is 47.2 Å². The Bertz CT molecular complexity index is 1000. The van der Waals surface area contributed by atoms with Crippen LogP contribution in [0, 0.1) is 0 Å². The van der Waals surface area contributed by atoms with Gasteiger partial charge in [0.2, 0.25) is 0 Å². The molecule has 148 valence electrons. The van der Waals surface area contributed by atoms with E-state index in [0.717, 1.165) is 46.4 Å². The highest BCUT2D eigenvalue weighted by Crippen LogP contribution is 2.32. The highest BCUT2D eigenvalue weighted by atomic mass is 35.5. The Balaban J connectivity index is 1.64. The molecule has 0 spiro atoms. The Morgan fingerprint density at radius 3 is 2.86 bits per heavy atom. The Hall–Kier alpha value is -2.00. The van der Waals surface area contributed by atoms with Gasteiger partial charge >= 0.3 is 0 Å². The van der Waals surface area contributed by atoms with Gasteiger partial charge < -0.3 is 14.9 Å². The van der Waals surface area contributed by atoms with E-state index in [4.69, 9.17) is 11.6 Å². The number of anilines is 1. The molecule has 1 fully saturated rings. The number of H-pyrrole nitrogens is 1. The third kappa shape index (κ3) is 4.52. The average Bonchev–Trinajstić information content (AvgIpc) is 3.10. The highest BCUT2D eigenvalue weighted by Gasteiger charge is 2.15. The molecule has 1 saturated carbocycles. The van der Waals surface area contributed by atoms with Crippen LogP contribution in [0.15, 0.2) is 30.6 Å². The zero-order chi connectivity index (χ0) is 19.5. The fraction of sp³-hybridized carbons (Fsp3) is 0.368. The van der Waals surface area contributed by atoms with Crippen LogP contribution in [-0.2, 0) is 17.8 Å². The van der Waals surface area contributed by atoms with Gasteiger partial charge in [-0.3, -0.25) is 4.21 Å². The minimum absolute atomic E-state index is 0.190. The molecule has 0 bridgehead atoms. The average molecular weight is 419 g/mol. The van der Waals surface area contributed by atoms with Gasteiger partial charge in [-0.05, 0) is 42.2 Å². The molecular formula is C19H21ClN5O2S-. The SMILES string of the molecule is O=S([O-])NCc1cnc2[nH]cc(-c3cc(Cl)nc(NC4CCCCC4)c3)c2c1. The second-order valence-corrected chi connectivity index (χ2v) is 8.19. The summed E-state index contributed by atoms with van der Waals surface area (Å²) in [4.78, 5) is 12.0. The van der Waals surface area contributed by atoms with E-state index in [0.29, 0.717) is 11.2 Å². The summed E-state index contributed by atoms with van der Waals surface area (Å²) in [5.41, 5.74) is 3.39. The quantitative estimate of drug-likeness (QED) is 0.415. The van der Waals surface area contributed by atoms with Crippen molar-refractivity contribution in [2.24, 2.45) is 0 Å². The molecule has 0 radical (unpaired) electrons. The van der Waals surface area contributed by atoms with Gasteiger partial charge in [0.1, 0.15) is 16.6 Å². The lowest BCUT2D eigenvalue weighted by molar-refractivity contribution is 0.462. The summed E-state index contributed by atoms with van der Waals surface area (Å²) in [6.07, 6.45) is 9.62. The van der Waals surface area contributed by atoms with Gasteiger partial charge in [0.15, 0.2) is 0 Å². The van der Waals surface area contributed by atoms with E-state index in [1.54, 1.807) is 6.20 Å². The Morgan fingerprint density at radius 2 is 2.07 bits per heavy atom. The number of nitrogens with zero attached hydrogens (tertiary/aromatic N) is 2. The Labute approximate surface area is 170 Å². The van der Waals surface area contributed by atoms with Crippen molar-refractivity contribution in [3.05, 3.63) is 41.3 Å². The zero-order valence-corrected chi connectivity index (χ0v) is 16.8.